The number of likely N-dealkylation sites (tertiary alicyclic amines) is 1. The monoisotopic (exact) mass is 542 g/mol. The quantitative estimate of drug-likeness (QED) is 0.210. The maximum Gasteiger partial charge on any atom is 0.255 e. The summed E-state index contributed by atoms with van der Waals surface area (Å²) in [6, 6.07) is -1.49. The predicted octanol–water partition coefficient (Wildman–Crippen LogP) is 0.569. The van der Waals surface area contributed by atoms with Crippen molar-refractivity contribution in [3.63, 3.8) is 0 Å². The number of hydrogen-bond donors (Lipinski definition) is 7. The molecule has 6 atom stereocenters. The van der Waals surface area contributed by atoms with Crippen LogP contribution in [0.15, 0.2) is 16.9 Å². The number of hydrogen-bond acceptors (Lipinski definition) is 10. The summed E-state index contributed by atoms with van der Waals surface area (Å²) in [7, 11) is 1.90. The van der Waals surface area contributed by atoms with Crippen LogP contribution in [0.25, 0.3) is 5.76 Å². The Hall–Kier alpha value is -3.48. The first-order chi connectivity index (χ1) is 18.4. The average molecular weight is 543 g/mol. The molecule has 0 spiro atoms. The number of fused-ring (bicyclic) bond motifs is 6. The van der Waals surface area contributed by atoms with Crippen LogP contribution in [-0.2, 0) is 20.8 Å². The Morgan fingerprint density at radius 2 is 2.00 bits per heavy atom. The predicted molar refractivity (Wildman–Crippen MR) is 136 cm³/mol. The van der Waals surface area contributed by atoms with Gasteiger partial charge in [0.25, 0.3) is 5.91 Å². The Labute approximate surface area is 223 Å². The van der Waals surface area contributed by atoms with Gasteiger partial charge in [-0.15, -0.1) is 0 Å². The Morgan fingerprint density at radius 1 is 1.28 bits per heavy atom. The molecule has 2 fully saturated rings. The third-order valence-electron chi connectivity index (χ3n) is 9.37. The molecule has 1 aromatic rings. The van der Waals surface area contributed by atoms with E-state index in [1.807, 2.05) is 11.9 Å². The number of Topliss-reactive ketones (excluding diaryl/α,β-unsaturated/α-hetero) is 2. The number of likely N-dealkylation sites (N-methyl/N-ethyl adjacent to an activating group) is 1. The molecule has 2 heterocycles. The molecule has 208 valence electrons. The number of amides is 1. The minimum absolute atomic E-state index is 0.0539. The van der Waals surface area contributed by atoms with Crippen LogP contribution in [0.5, 0.6) is 5.75 Å². The van der Waals surface area contributed by atoms with E-state index in [1.165, 1.54) is 0 Å². The fourth-order valence-electron chi connectivity index (χ4n) is 7.63. The van der Waals surface area contributed by atoms with Crippen LogP contribution in [0.4, 0.5) is 10.1 Å². The summed E-state index contributed by atoms with van der Waals surface area (Å²) in [6.45, 7) is 3.20. The zero-order valence-corrected chi connectivity index (χ0v) is 21.5. The zero-order valence-electron chi connectivity index (χ0n) is 21.5. The molecular weight excluding hydrogens is 511 g/mol. The summed E-state index contributed by atoms with van der Waals surface area (Å²) in [6.07, 6.45) is 0.685. The van der Waals surface area contributed by atoms with Crippen molar-refractivity contribution in [2.75, 3.05) is 32.0 Å². The molecule has 6 rings (SSSR count). The third-order valence-corrected chi connectivity index (χ3v) is 9.37. The number of benzene rings is 1. The fraction of sp³-hybridized carbons (Fsp3) is 0.519. The molecule has 39 heavy (non-hydrogen) atoms. The van der Waals surface area contributed by atoms with Gasteiger partial charge in [-0.25, -0.2) is 4.39 Å². The molecule has 1 amide bonds. The van der Waals surface area contributed by atoms with Gasteiger partial charge in [0.2, 0.25) is 5.78 Å². The Kier molecular flexibility index (Phi) is 5.62. The van der Waals surface area contributed by atoms with E-state index in [2.05, 4.69) is 10.6 Å². The highest BCUT2D eigenvalue weighted by Gasteiger charge is 2.64. The van der Waals surface area contributed by atoms with Gasteiger partial charge in [0, 0.05) is 35.2 Å². The number of aromatic hydroxyl groups is 1. The first-order valence-electron chi connectivity index (χ1n) is 13.2. The van der Waals surface area contributed by atoms with E-state index in [0.29, 0.717) is 12.1 Å². The van der Waals surface area contributed by atoms with E-state index in [1.54, 1.807) is 6.92 Å². The lowest BCUT2D eigenvalue weighted by Gasteiger charge is -2.49. The molecule has 0 aromatic heterocycles. The van der Waals surface area contributed by atoms with Crippen molar-refractivity contribution in [2.24, 2.45) is 23.5 Å². The van der Waals surface area contributed by atoms with E-state index in [4.69, 9.17) is 5.73 Å². The van der Waals surface area contributed by atoms with Crippen molar-refractivity contribution in [1.29, 1.82) is 0 Å². The van der Waals surface area contributed by atoms with Crippen LogP contribution in [0, 0.1) is 23.6 Å². The number of nitrogens with zero attached hydrogens (tertiary/aromatic N) is 1. The molecule has 1 aromatic carbocycles. The number of nitrogens with one attached hydrogen (secondary N) is 2. The minimum atomic E-state index is -2.73. The van der Waals surface area contributed by atoms with Crippen LogP contribution in [-0.4, -0.2) is 81.1 Å². The lowest BCUT2D eigenvalue weighted by molar-refractivity contribution is -0.150. The number of ketones is 2. The summed E-state index contributed by atoms with van der Waals surface area (Å²) in [5.41, 5.74) is 1.69. The van der Waals surface area contributed by atoms with Crippen LogP contribution in [0.1, 0.15) is 42.5 Å². The first kappa shape index (κ1) is 25.8. The van der Waals surface area contributed by atoms with E-state index in [9.17, 15) is 34.8 Å². The number of phenols is 1. The lowest BCUT2D eigenvalue weighted by Crippen LogP contribution is -2.66. The summed E-state index contributed by atoms with van der Waals surface area (Å²) in [5, 5.41) is 51.2. The van der Waals surface area contributed by atoms with Gasteiger partial charge < -0.3 is 36.8 Å². The Balaban J connectivity index is 1.55. The number of aliphatic hydroxyl groups excluding tert-OH is 2. The fourth-order valence-corrected chi connectivity index (χ4v) is 7.63. The van der Waals surface area contributed by atoms with E-state index in [0.717, 1.165) is 13.0 Å². The molecular formula is C27H31FN4O7. The molecule has 12 heteroatoms. The topological polar surface area (TPSA) is 185 Å². The van der Waals surface area contributed by atoms with Gasteiger partial charge in [0.1, 0.15) is 28.7 Å². The SMILES string of the molecule is CCN[C@@H]1C(=O)C(C(N)=O)=C(O)[C@@]2(O)C(=O)C3=C(O)c4c(O)c5c(c(F)c4C[C@H]3C[C@@H]12)C1C(CCN1C)CN5. The minimum Gasteiger partial charge on any atom is -0.508 e. The maximum atomic E-state index is 16.3. The van der Waals surface area contributed by atoms with Gasteiger partial charge in [0.15, 0.2) is 11.4 Å². The molecule has 8 N–H and O–H groups in total. The number of carbonyl (C=O) groups excluding carboxylic acids is 3. The molecule has 5 aliphatic rings. The second-order valence-corrected chi connectivity index (χ2v) is 11.2. The third kappa shape index (κ3) is 3.16. The molecule has 3 aliphatic carbocycles. The van der Waals surface area contributed by atoms with Gasteiger partial charge in [-0.2, -0.15) is 0 Å². The summed E-state index contributed by atoms with van der Waals surface area (Å²) in [5.74, 6) is -8.01. The number of halogens is 1. The van der Waals surface area contributed by atoms with Gasteiger partial charge in [-0.1, -0.05) is 6.92 Å². The smallest absolute Gasteiger partial charge is 0.255 e. The largest absolute Gasteiger partial charge is 0.508 e. The van der Waals surface area contributed by atoms with Crippen molar-refractivity contribution >= 4 is 28.9 Å². The standard InChI is InChI=1S/C27H31FN4O7/c1-3-30-18-12-7-10-6-11-14(22(34)19-15(17(11)28)20-9(8-31-19)4-5-32(20)2)21(33)13(10)24(36)27(12,39)25(37)16(23(18)35)26(29)38/h9-10,12,18,20,30-31,33-34,37,39H,3-8H2,1-2H3,(H2,29,38)/t9?,10-,12-,18-,20?,27-/m0/s1. The normalized spacial score (nSPS) is 33.7. The molecule has 0 radical (unpaired) electrons. The number of carbonyl (C=O) groups is 3. The van der Waals surface area contributed by atoms with Crippen molar-refractivity contribution < 1.29 is 39.2 Å². The van der Waals surface area contributed by atoms with Crippen LogP contribution < -0.4 is 16.4 Å². The summed E-state index contributed by atoms with van der Waals surface area (Å²) < 4.78 is 16.3. The van der Waals surface area contributed by atoms with E-state index >= 15 is 4.39 Å². The number of anilines is 1. The van der Waals surface area contributed by atoms with Gasteiger partial charge in [-0.3, -0.25) is 19.3 Å². The Morgan fingerprint density at radius 3 is 2.67 bits per heavy atom. The lowest BCUT2D eigenvalue weighted by atomic mass is 9.57. The van der Waals surface area contributed by atoms with Gasteiger partial charge in [0.05, 0.1) is 17.3 Å². The van der Waals surface area contributed by atoms with Crippen molar-refractivity contribution in [3.8, 4) is 5.75 Å². The van der Waals surface area contributed by atoms with Gasteiger partial charge in [-0.05, 0) is 51.2 Å². The maximum absolute atomic E-state index is 16.3. The first-order valence-corrected chi connectivity index (χ1v) is 13.2. The number of nitrogens with two attached hydrogens (primary N) is 1. The second-order valence-electron chi connectivity index (χ2n) is 11.2. The summed E-state index contributed by atoms with van der Waals surface area (Å²) in [4.78, 5) is 41.1. The second kappa shape index (κ2) is 8.51. The molecule has 0 bridgehead atoms. The highest BCUT2D eigenvalue weighted by Crippen LogP contribution is 2.56. The van der Waals surface area contributed by atoms with Crippen LogP contribution in [0.3, 0.4) is 0 Å². The highest BCUT2D eigenvalue weighted by molar-refractivity contribution is 6.24. The van der Waals surface area contributed by atoms with Crippen LogP contribution >= 0.6 is 0 Å². The molecule has 1 saturated heterocycles. The highest BCUT2D eigenvalue weighted by atomic mass is 19.1. The van der Waals surface area contributed by atoms with Gasteiger partial charge >= 0.3 is 0 Å². The summed E-state index contributed by atoms with van der Waals surface area (Å²) >= 11 is 0. The number of rotatable bonds is 3. The van der Waals surface area contributed by atoms with Crippen LogP contribution in [0.2, 0.25) is 0 Å². The molecule has 11 nitrogen and oxygen atoms in total. The molecule has 1 saturated carbocycles. The molecule has 2 aliphatic heterocycles. The number of phenolic OH excluding ortho intramolecular Hbond substituents is 1. The van der Waals surface area contributed by atoms with Crippen molar-refractivity contribution in [1.82, 2.24) is 10.2 Å². The average Bonchev–Trinajstić information content (AvgIpc) is 3.27. The number of aliphatic hydroxyl groups is 3. The zero-order chi connectivity index (χ0) is 28.1. The Bertz CT molecular complexity index is 1420. The molecule has 2 unspecified atom stereocenters. The van der Waals surface area contributed by atoms with Crippen molar-refractivity contribution in [2.45, 2.75) is 43.9 Å². The number of primary amides is 1. The van der Waals surface area contributed by atoms with Crippen molar-refractivity contribution in [3.05, 3.63) is 39.4 Å². The van der Waals surface area contributed by atoms with E-state index in [-0.39, 0.29) is 53.7 Å². The van der Waals surface area contributed by atoms with E-state index < -0.39 is 69.6 Å².